The fourth-order valence-corrected chi connectivity index (χ4v) is 2.19. The van der Waals surface area contributed by atoms with Crippen molar-refractivity contribution >= 4 is 17.2 Å². The molecule has 2 aromatic carbocycles. The SMILES string of the molecule is Nc1ccccc1-c1cc(Nc2ccc(C(F)(F)F)cc2)ncn1. The Kier molecular flexibility index (Phi) is 4.07. The molecule has 0 radical (unpaired) electrons. The summed E-state index contributed by atoms with van der Waals surface area (Å²) in [5, 5.41) is 2.95. The van der Waals surface area contributed by atoms with Crippen LogP contribution in [-0.4, -0.2) is 9.97 Å². The minimum atomic E-state index is -4.36. The zero-order valence-electron chi connectivity index (χ0n) is 12.4. The van der Waals surface area contributed by atoms with Gasteiger partial charge in [-0.2, -0.15) is 13.2 Å². The van der Waals surface area contributed by atoms with Crippen LogP contribution in [0.2, 0.25) is 0 Å². The minimum Gasteiger partial charge on any atom is -0.398 e. The molecule has 0 fully saturated rings. The van der Waals surface area contributed by atoms with Gasteiger partial charge in [0.1, 0.15) is 12.1 Å². The average Bonchev–Trinajstić information content (AvgIpc) is 2.55. The number of nitrogens with two attached hydrogens (primary N) is 1. The number of nitrogens with one attached hydrogen (secondary N) is 1. The molecule has 0 saturated carbocycles. The number of hydrogen-bond donors (Lipinski definition) is 2. The molecule has 7 heteroatoms. The number of nitrogen functional groups attached to an aromatic ring is 1. The molecule has 3 rings (SSSR count). The van der Waals surface area contributed by atoms with Gasteiger partial charge in [0.2, 0.25) is 0 Å². The Morgan fingerprint density at radius 1 is 0.917 bits per heavy atom. The van der Waals surface area contributed by atoms with E-state index < -0.39 is 11.7 Å². The minimum absolute atomic E-state index is 0.461. The predicted molar refractivity (Wildman–Crippen MR) is 86.6 cm³/mol. The van der Waals surface area contributed by atoms with Crippen LogP contribution in [0.4, 0.5) is 30.4 Å². The van der Waals surface area contributed by atoms with Crippen molar-refractivity contribution in [3.05, 3.63) is 66.5 Å². The maximum Gasteiger partial charge on any atom is 0.416 e. The van der Waals surface area contributed by atoms with Crippen LogP contribution in [0.1, 0.15) is 5.56 Å². The summed E-state index contributed by atoms with van der Waals surface area (Å²) in [6.45, 7) is 0. The molecule has 4 nitrogen and oxygen atoms in total. The Balaban J connectivity index is 1.84. The van der Waals surface area contributed by atoms with Gasteiger partial charge in [-0.15, -0.1) is 0 Å². The van der Waals surface area contributed by atoms with Gasteiger partial charge in [-0.3, -0.25) is 0 Å². The van der Waals surface area contributed by atoms with Crippen LogP contribution in [0.25, 0.3) is 11.3 Å². The fraction of sp³-hybridized carbons (Fsp3) is 0.0588. The van der Waals surface area contributed by atoms with E-state index >= 15 is 0 Å². The second-order valence-electron chi connectivity index (χ2n) is 5.08. The highest BCUT2D eigenvalue weighted by atomic mass is 19.4. The van der Waals surface area contributed by atoms with Crippen LogP contribution < -0.4 is 11.1 Å². The summed E-state index contributed by atoms with van der Waals surface area (Å²) in [6, 6.07) is 13.7. The van der Waals surface area contributed by atoms with Crippen LogP contribution in [0.5, 0.6) is 0 Å². The lowest BCUT2D eigenvalue weighted by Gasteiger charge is -2.10. The summed E-state index contributed by atoms with van der Waals surface area (Å²) in [6.07, 6.45) is -2.99. The molecular formula is C17H13F3N4. The molecule has 122 valence electrons. The summed E-state index contributed by atoms with van der Waals surface area (Å²) in [5.41, 5.74) is 7.68. The van der Waals surface area contributed by atoms with Crippen LogP contribution in [0.15, 0.2) is 60.9 Å². The normalized spacial score (nSPS) is 11.3. The van der Waals surface area contributed by atoms with Crippen LogP contribution in [0, 0.1) is 0 Å². The zero-order valence-corrected chi connectivity index (χ0v) is 12.4. The lowest BCUT2D eigenvalue weighted by Crippen LogP contribution is -2.04. The van der Waals surface area contributed by atoms with Crippen molar-refractivity contribution in [1.29, 1.82) is 0 Å². The van der Waals surface area contributed by atoms with Gasteiger partial charge in [0.25, 0.3) is 0 Å². The molecule has 0 bridgehead atoms. The molecule has 0 spiro atoms. The van der Waals surface area contributed by atoms with Gasteiger partial charge in [0, 0.05) is 23.0 Å². The number of halogens is 3. The van der Waals surface area contributed by atoms with Gasteiger partial charge >= 0.3 is 6.18 Å². The third-order valence-corrected chi connectivity index (χ3v) is 3.39. The number of anilines is 3. The topological polar surface area (TPSA) is 63.8 Å². The maximum atomic E-state index is 12.6. The second kappa shape index (κ2) is 6.19. The first kappa shape index (κ1) is 15.8. The first-order chi connectivity index (χ1) is 11.4. The Morgan fingerprint density at radius 3 is 2.29 bits per heavy atom. The van der Waals surface area contributed by atoms with E-state index in [1.807, 2.05) is 18.2 Å². The lowest BCUT2D eigenvalue weighted by atomic mass is 10.1. The Bertz CT molecular complexity index is 845. The summed E-state index contributed by atoms with van der Waals surface area (Å²) >= 11 is 0. The number of benzene rings is 2. The Labute approximate surface area is 136 Å². The van der Waals surface area contributed by atoms with Crippen molar-refractivity contribution in [1.82, 2.24) is 9.97 Å². The molecule has 1 aromatic heterocycles. The maximum absolute atomic E-state index is 12.6. The number of aromatic nitrogens is 2. The van der Waals surface area contributed by atoms with Gasteiger partial charge in [-0.05, 0) is 30.3 Å². The standard InChI is InChI=1S/C17H13F3N4/c18-17(19,20)11-5-7-12(8-6-11)24-16-9-15(22-10-23-16)13-3-1-2-4-14(13)21/h1-10H,21H2,(H,22,23,24). The van der Waals surface area contributed by atoms with E-state index in [1.165, 1.54) is 18.5 Å². The monoisotopic (exact) mass is 330 g/mol. The van der Waals surface area contributed by atoms with Crippen molar-refractivity contribution in [2.45, 2.75) is 6.18 Å². The van der Waals surface area contributed by atoms with Crippen molar-refractivity contribution in [3.8, 4) is 11.3 Å². The average molecular weight is 330 g/mol. The molecule has 0 aliphatic carbocycles. The molecule has 3 aromatic rings. The van der Waals surface area contributed by atoms with Crippen molar-refractivity contribution in [3.63, 3.8) is 0 Å². The van der Waals surface area contributed by atoms with Crippen molar-refractivity contribution in [2.24, 2.45) is 0 Å². The van der Waals surface area contributed by atoms with Gasteiger partial charge in [0.15, 0.2) is 0 Å². The highest BCUT2D eigenvalue weighted by Crippen LogP contribution is 2.30. The largest absolute Gasteiger partial charge is 0.416 e. The van der Waals surface area contributed by atoms with E-state index in [1.54, 1.807) is 12.1 Å². The summed E-state index contributed by atoms with van der Waals surface area (Å²) in [5.74, 6) is 0.461. The molecule has 1 heterocycles. The van der Waals surface area contributed by atoms with Crippen LogP contribution in [-0.2, 0) is 6.18 Å². The van der Waals surface area contributed by atoms with E-state index in [-0.39, 0.29) is 0 Å². The first-order valence-corrected chi connectivity index (χ1v) is 7.05. The second-order valence-corrected chi connectivity index (χ2v) is 5.08. The van der Waals surface area contributed by atoms with E-state index in [0.29, 0.717) is 22.9 Å². The Morgan fingerprint density at radius 2 is 1.62 bits per heavy atom. The predicted octanol–water partition coefficient (Wildman–Crippen LogP) is 4.49. The molecule has 0 unspecified atom stereocenters. The van der Waals surface area contributed by atoms with Crippen molar-refractivity contribution < 1.29 is 13.2 Å². The number of alkyl halides is 3. The Hall–Kier alpha value is -3.09. The number of para-hydroxylation sites is 1. The number of nitrogens with zero attached hydrogens (tertiary/aromatic N) is 2. The van der Waals surface area contributed by atoms with E-state index in [2.05, 4.69) is 15.3 Å². The molecule has 24 heavy (non-hydrogen) atoms. The summed E-state index contributed by atoms with van der Waals surface area (Å²) in [7, 11) is 0. The highest BCUT2D eigenvalue weighted by Gasteiger charge is 2.29. The molecule has 0 atom stereocenters. The third-order valence-electron chi connectivity index (χ3n) is 3.39. The lowest BCUT2D eigenvalue weighted by molar-refractivity contribution is -0.137. The van der Waals surface area contributed by atoms with Gasteiger partial charge in [-0.1, -0.05) is 18.2 Å². The van der Waals surface area contributed by atoms with Crippen molar-refractivity contribution in [2.75, 3.05) is 11.1 Å². The highest BCUT2D eigenvalue weighted by molar-refractivity contribution is 5.75. The zero-order chi connectivity index (χ0) is 17.2. The van der Waals surface area contributed by atoms with E-state index in [0.717, 1.165) is 17.7 Å². The van der Waals surface area contributed by atoms with Crippen LogP contribution >= 0.6 is 0 Å². The smallest absolute Gasteiger partial charge is 0.398 e. The molecule has 0 aliphatic rings. The third kappa shape index (κ3) is 3.45. The van der Waals surface area contributed by atoms with E-state index in [9.17, 15) is 13.2 Å². The fourth-order valence-electron chi connectivity index (χ4n) is 2.19. The molecule has 0 saturated heterocycles. The molecule has 3 N–H and O–H groups in total. The van der Waals surface area contributed by atoms with Gasteiger partial charge in [0.05, 0.1) is 11.3 Å². The quantitative estimate of drug-likeness (QED) is 0.695. The first-order valence-electron chi connectivity index (χ1n) is 7.05. The summed E-state index contributed by atoms with van der Waals surface area (Å²) < 4.78 is 37.7. The molecule has 0 aliphatic heterocycles. The molecular weight excluding hydrogens is 317 g/mol. The summed E-state index contributed by atoms with van der Waals surface area (Å²) in [4.78, 5) is 8.25. The van der Waals surface area contributed by atoms with Crippen LogP contribution in [0.3, 0.4) is 0 Å². The molecule has 0 amide bonds. The van der Waals surface area contributed by atoms with Gasteiger partial charge in [-0.25, -0.2) is 9.97 Å². The van der Waals surface area contributed by atoms with E-state index in [4.69, 9.17) is 5.73 Å². The number of hydrogen-bond acceptors (Lipinski definition) is 4. The van der Waals surface area contributed by atoms with Gasteiger partial charge < -0.3 is 11.1 Å². The number of rotatable bonds is 3.